The number of nitrogens with zero attached hydrogens (tertiary/aromatic N) is 1. The summed E-state index contributed by atoms with van der Waals surface area (Å²) in [7, 11) is 0. The van der Waals surface area contributed by atoms with Crippen LogP contribution >= 0.6 is 0 Å². The molecule has 12 nitrogen and oxygen atoms in total. The zero-order valence-electron chi connectivity index (χ0n) is 25.6. The molecule has 3 aliphatic heterocycles. The minimum Gasteiger partial charge on any atom is -0.484 e. The topological polar surface area (TPSA) is 176 Å². The fourth-order valence-electron chi connectivity index (χ4n) is 7.29. The molecule has 0 radical (unpaired) electrons. The van der Waals surface area contributed by atoms with Crippen molar-refractivity contribution >= 4 is 16.7 Å². The summed E-state index contributed by atoms with van der Waals surface area (Å²) < 4.78 is 12.5. The maximum Gasteiger partial charge on any atom is 0.192 e. The standard InChI is InChI=1S/C33H42N2O10/c1-19-12-25(37)22-13-20-14-30(32(2,21-6-4-3-5-7-21)44-27(20)15-28(22)43-19)45-42-17-29(39)33(41,31(40)26(38)16-36)18-35-11-9-23-24(35)8-10-34-23/h8-13,15,21,24,26,29-31,36,38-41H,3-7,14,16-18H2,1-2H3/p+1/t24?,26-,29+,30-,31-,32-,33-/m1/s1. The molecule has 0 amide bonds. The number of aliphatic hydroxyl groups excluding tert-OH is 4. The van der Waals surface area contributed by atoms with E-state index in [0.29, 0.717) is 33.8 Å². The van der Waals surface area contributed by atoms with E-state index >= 15 is 0 Å². The van der Waals surface area contributed by atoms with E-state index in [0.717, 1.165) is 43.4 Å². The van der Waals surface area contributed by atoms with Gasteiger partial charge in [0.1, 0.15) is 66.0 Å². The lowest BCUT2D eigenvalue weighted by Gasteiger charge is -2.47. The van der Waals surface area contributed by atoms with Gasteiger partial charge in [0.05, 0.1) is 18.2 Å². The summed E-state index contributed by atoms with van der Waals surface area (Å²) in [6.07, 6.45) is 6.59. The first kappa shape index (κ1) is 32.0. The van der Waals surface area contributed by atoms with Crippen molar-refractivity contribution in [3.05, 3.63) is 64.3 Å². The lowest BCUT2D eigenvalue weighted by molar-refractivity contribution is -0.861. The number of quaternary nitrogens is 1. The van der Waals surface area contributed by atoms with E-state index in [1.807, 2.05) is 13.0 Å². The van der Waals surface area contributed by atoms with Crippen LogP contribution in [-0.4, -0.2) is 92.7 Å². The molecule has 1 aromatic heterocycles. The molecule has 1 saturated carbocycles. The maximum absolute atomic E-state index is 12.7. The van der Waals surface area contributed by atoms with Gasteiger partial charge in [0, 0.05) is 36.7 Å². The number of hydrogen-bond donors (Lipinski definition) is 6. The number of nitrogens with one attached hydrogen (secondary N) is 1. The fraction of sp³-hybridized carbons (Fsp3) is 0.576. The van der Waals surface area contributed by atoms with Crippen LogP contribution in [-0.2, 0) is 16.2 Å². The third-order valence-corrected chi connectivity index (χ3v) is 10.1. The second-order valence-corrected chi connectivity index (χ2v) is 13.0. The zero-order valence-corrected chi connectivity index (χ0v) is 25.6. The first-order valence-corrected chi connectivity index (χ1v) is 15.7. The quantitative estimate of drug-likeness (QED) is 0.150. The Hall–Kier alpha value is -2.94. The van der Waals surface area contributed by atoms with Crippen LogP contribution in [0.25, 0.3) is 11.0 Å². The van der Waals surface area contributed by atoms with Crippen molar-refractivity contribution in [2.45, 2.75) is 94.0 Å². The first-order valence-electron chi connectivity index (χ1n) is 15.7. The van der Waals surface area contributed by atoms with Gasteiger partial charge in [0.25, 0.3) is 0 Å². The second-order valence-electron chi connectivity index (χ2n) is 13.0. The van der Waals surface area contributed by atoms with Gasteiger partial charge in [-0.3, -0.25) is 14.7 Å². The number of rotatable bonds is 11. The van der Waals surface area contributed by atoms with Gasteiger partial charge in [0.15, 0.2) is 17.1 Å². The van der Waals surface area contributed by atoms with Gasteiger partial charge < -0.3 is 34.7 Å². The largest absolute Gasteiger partial charge is 0.484 e. The minimum atomic E-state index is -2.29. The Bertz CT molecular complexity index is 1550. The third-order valence-electron chi connectivity index (χ3n) is 10.1. The van der Waals surface area contributed by atoms with E-state index in [2.05, 4.69) is 4.99 Å². The summed E-state index contributed by atoms with van der Waals surface area (Å²) in [5.74, 6) is 1.28. The van der Waals surface area contributed by atoms with Crippen molar-refractivity contribution in [3.8, 4) is 5.75 Å². The van der Waals surface area contributed by atoms with E-state index in [1.165, 1.54) is 6.07 Å². The number of aliphatic hydroxyl groups is 5. The van der Waals surface area contributed by atoms with Gasteiger partial charge in [-0.25, -0.2) is 9.78 Å². The summed E-state index contributed by atoms with van der Waals surface area (Å²) in [5.41, 5.74) is -1.27. The Labute approximate surface area is 260 Å². The molecular formula is C33H43N2O10+. The normalized spacial score (nSPS) is 29.5. The highest BCUT2D eigenvalue weighted by atomic mass is 17.2. The molecule has 2 aromatic rings. The molecule has 1 fully saturated rings. The summed E-state index contributed by atoms with van der Waals surface area (Å²) >= 11 is 0. The van der Waals surface area contributed by atoms with E-state index in [9.17, 15) is 30.3 Å². The third kappa shape index (κ3) is 6.01. The Morgan fingerprint density at radius 3 is 2.71 bits per heavy atom. The monoisotopic (exact) mass is 627 g/mol. The lowest BCUT2D eigenvalue weighted by atomic mass is 9.72. The van der Waals surface area contributed by atoms with Gasteiger partial charge in [-0.15, -0.1) is 0 Å². The molecular weight excluding hydrogens is 584 g/mol. The molecule has 4 heterocycles. The zero-order chi connectivity index (χ0) is 31.9. The molecule has 45 heavy (non-hydrogen) atoms. The molecule has 6 N–H and O–H groups in total. The summed E-state index contributed by atoms with van der Waals surface area (Å²) in [6, 6.07) is 4.76. The Balaban J connectivity index is 1.22. The van der Waals surface area contributed by atoms with Crippen LogP contribution in [0.2, 0.25) is 0 Å². The lowest BCUT2D eigenvalue weighted by Crippen LogP contribution is -3.13. The second kappa shape index (κ2) is 12.7. The Morgan fingerprint density at radius 1 is 1.18 bits per heavy atom. The molecule has 2 unspecified atom stereocenters. The Kier molecular flexibility index (Phi) is 9.03. The van der Waals surface area contributed by atoms with Crippen molar-refractivity contribution in [1.29, 1.82) is 0 Å². The van der Waals surface area contributed by atoms with Crippen molar-refractivity contribution in [2.24, 2.45) is 10.9 Å². The summed E-state index contributed by atoms with van der Waals surface area (Å²) in [6.45, 7) is 2.14. The molecule has 244 valence electrons. The van der Waals surface area contributed by atoms with Crippen LogP contribution in [0.4, 0.5) is 0 Å². The highest BCUT2D eigenvalue weighted by Gasteiger charge is 2.52. The van der Waals surface area contributed by atoms with E-state index in [1.54, 1.807) is 37.5 Å². The number of aliphatic imine (C=N–C) groups is 1. The van der Waals surface area contributed by atoms with Gasteiger partial charge in [-0.05, 0) is 44.4 Å². The summed E-state index contributed by atoms with van der Waals surface area (Å²) in [4.78, 5) is 29.3. The molecule has 1 aliphatic carbocycles. The fourth-order valence-corrected chi connectivity index (χ4v) is 7.29. The molecule has 0 bridgehead atoms. The van der Waals surface area contributed by atoms with Crippen LogP contribution in [0.3, 0.4) is 0 Å². The van der Waals surface area contributed by atoms with Crippen molar-refractivity contribution < 1.29 is 49.4 Å². The molecule has 4 aliphatic rings. The number of hydrogen-bond acceptors (Lipinski definition) is 11. The van der Waals surface area contributed by atoms with Crippen LogP contribution in [0.15, 0.2) is 57.0 Å². The molecule has 8 atom stereocenters. The van der Waals surface area contributed by atoms with Crippen LogP contribution in [0.5, 0.6) is 5.75 Å². The SMILES string of the molecule is Cc1cc(=O)c2cc3c(cc2o1)O[C@](C)(C1CCCCC1)[C@H](OOC[C@H](O)[C@](O)(C[NH+]1C=CC2=NC=CC21)[C@H](O)[C@H](O)CO)C3. The van der Waals surface area contributed by atoms with Crippen LogP contribution in [0, 0.1) is 12.8 Å². The molecule has 6 rings (SSSR count). The minimum absolute atomic E-state index is 0.150. The molecule has 1 aromatic carbocycles. The van der Waals surface area contributed by atoms with Crippen molar-refractivity contribution in [3.63, 3.8) is 0 Å². The molecule has 0 saturated heterocycles. The highest BCUT2D eigenvalue weighted by Crippen LogP contribution is 2.45. The molecule has 0 spiro atoms. The van der Waals surface area contributed by atoms with Crippen molar-refractivity contribution in [2.75, 3.05) is 19.8 Å². The number of fused-ring (bicyclic) bond motifs is 3. The average Bonchev–Trinajstić information content (AvgIpc) is 3.65. The van der Waals surface area contributed by atoms with Crippen LogP contribution < -0.4 is 15.1 Å². The number of ether oxygens (including phenoxy) is 1. The predicted molar refractivity (Wildman–Crippen MR) is 163 cm³/mol. The molecule has 12 heteroatoms. The highest BCUT2D eigenvalue weighted by molar-refractivity contribution is 6.02. The van der Waals surface area contributed by atoms with Crippen LogP contribution in [0.1, 0.15) is 50.4 Å². The first-order chi connectivity index (χ1) is 21.5. The van der Waals surface area contributed by atoms with Gasteiger partial charge in [-0.2, -0.15) is 0 Å². The van der Waals surface area contributed by atoms with Gasteiger partial charge >= 0.3 is 0 Å². The smallest absolute Gasteiger partial charge is 0.192 e. The Morgan fingerprint density at radius 2 is 1.96 bits per heavy atom. The van der Waals surface area contributed by atoms with Gasteiger partial charge in [0.2, 0.25) is 0 Å². The predicted octanol–water partition coefficient (Wildman–Crippen LogP) is 0.247. The van der Waals surface area contributed by atoms with E-state index < -0.39 is 48.8 Å². The maximum atomic E-state index is 12.7. The van der Waals surface area contributed by atoms with E-state index in [4.69, 9.17) is 18.9 Å². The van der Waals surface area contributed by atoms with Crippen molar-refractivity contribution in [1.82, 2.24) is 0 Å². The summed E-state index contributed by atoms with van der Waals surface area (Å²) in [5, 5.41) is 54.0. The number of aryl methyl sites for hydroxylation is 1. The average molecular weight is 628 g/mol. The number of benzene rings is 1. The van der Waals surface area contributed by atoms with Gasteiger partial charge in [-0.1, -0.05) is 19.3 Å². The van der Waals surface area contributed by atoms with E-state index in [-0.39, 0.29) is 23.9 Å².